The van der Waals surface area contributed by atoms with Crippen LogP contribution >= 0.6 is 0 Å². The maximum Gasteiger partial charge on any atom is 0.191 e. The number of rotatable bonds is 9. The fourth-order valence-electron chi connectivity index (χ4n) is 3.84. The Bertz CT molecular complexity index is 1170. The second-order valence-electron chi connectivity index (χ2n) is 7.83. The highest BCUT2D eigenvalue weighted by Crippen LogP contribution is 2.20. The first kappa shape index (κ1) is 22.3. The van der Waals surface area contributed by atoms with E-state index in [2.05, 4.69) is 96.7 Å². The summed E-state index contributed by atoms with van der Waals surface area (Å²) in [6.07, 6.45) is 4.30. The lowest BCUT2D eigenvalue weighted by Gasteiger charge is -2.20. The summed E-state index contributed by atoms with van der Waals surface area (Å²) in [4.78, 5) is 13.0. The Balaban J connectivity index is 1.30. The van der Waals surface area contributed by atoms with Crippen molar-refractivity contribution >= 4 is 22.8 Å². The van der Waals surface area contributed by atoms with Gasteiger partial charge in [0.2, 0.25) is 0 Å². The molecule has 0 aliphatic heterocycles. The van der Waals surface area contributed by atoms with Gasteiger partial charge in [-0.3, -0.25) is 9.67 Å². The third kappa shape index (κ3) is 5.85. The highest BCUT2D eigenvalue weighted by molar-refractivity contribution is 5.86. The number of aliphatic imine (C=N–C) groups is 1. The molecule has 0 saturated carbocycles. The van der Waals surface area contributed by atoms with Crippen molar-refractivity contribution in [2.75, 3.05) is 32.0 Å². The molecule has 0 amide bonds. The number of nitrogens with one attached hydrogen (secondary N) is 3. The molecular formula is C25H30N8. The summed E-state index contributed by atoms with van der Waals surface area (Å²) in [6, 6.07) is 21.2. The molecule has 170 valence electrons. The van der Waals surface area contributed by atoms with Crippen LogP contribution in [-0.2, 0) is 13.5 Å². The van der Waals surface area contributed by atoms with Crippen LogP contribution in [0.2, 0.25) is 0 Å². The lowest BCUT2D eigenvalue weighted by Crippen LogP contribution is -2.41. The van der Waals surface area contributed by atoms with E-state index in [1.807, 2.05) is 7.05 Å². The van der Waals surface area contributed by atoms with Gasteiger partial charge < -0.3 is 16.0 Å². The minimum absolute atomic E-state index is 0.338. The molecule has 0 saturated heterocycles. The molecule has 0 fully saturated rings. The predicted molar refractivity (Wildman–Crippen MR) is 133 cm³/mol. The zero-order chi connectivity index (χ0) is 22.9. The monoisotopic (exact) mass is 442 g/mol. The zero-order valence-corrected chi connectivity index (χ0v) is 19.1. The maximum absolute atomic E-state index is 4.39. The van der Waals surface area contributed by atoms with Gasteiger partial charge in [-0.25, -0.2) is 9.97 Å². The minimum atomic E-state index is 0.338. The maximum atomic E-state index is 4.39. The molecule has 0 radical (unpaired) electrons. The lowest BCUT2D eigenvalue weighted by atomic mass is 9.92. The van der Waals surface area contributed by atoms with Crippen molar-refractivity contribution in [1.29, 1.82) is 0 Å². The number of anilines is 1. The second-order valence-corrected chi connectivity index (χ2v) is 7.83. The van der Waals surface area contributed by atoms with E-state index in [1.165, 1.54) is 11.1 Å². The van der Waals surface area contributed by atoms with Crippen molar-refractivity contribution < 1.29 is 0 Å². The lowest BCUT2D eigenvalue weighted by molar-refractivity contribution is 0.645. The highest BCUT2D eigenvalue weighted by atomic mass is 15.3. The van der Waals surface area contributed by atoms with Crippen molar-refractivity contribution in [1.82, 2.24) is 30.4 Å². The first-order chi connectivity index (χ1) is 16.2. The third-order valence-corrected chi connectivity index (χ3v) is 5.57. The average molecular weight is 443 g/mol. The van der Waals surface area contributed by atoms with Crippen LogP contribution < -0.4 is 16.0 Å². The number of hydrogen-bond acceptors (Lipinski definition) is 5. The summed E-state index contributed by atoms with van der Waals surface area (Å²) >= 11 is 0. The summed E-state index contributed by atoms with van der Waals surface area (Å²) < 4.78 is 1.74. The summed E-state index contributed by atoms with van der Waals surface area (Å²) in [6.45, 7) is 2.17. The first-order valence-electron chi connectivity index (χ1n) is 11.1. The van der Waals surface area contributed by atoms with Gasteiger partial charge in [0.05, 0.1) is 11.6 Å². The van der Waals surface area contributed by atoms with Crippen molar-refractivity contribution in [3.05, 3.63) is 84.3 Å². The molecule has 2 heterocycles. The molecule has 1 atom stereocenters. The van der Waals surface area contributed by atoms with Gasteiger partial charge in [-0.1, -0.05) is 60.7 Å². The zero-order valence-electron chi connectivity index (χ0n) is 19.1. The molecule has 0 aliphatic carbocycles. The van der Waals surface area contributed by atoms with Crippen molar-refractivity contribution in [2.24, 2.45) is 12.0 Å². The fraction of sp³-hybridized carbons (Fsp3) is 0.280. The minimum Gasteiger partial charge on any atom is -0.368 e. The summed E-state index contributed by atoms with van der Waals surface area (Å²) in [5, 5.41) is 15.4. The van der Waals surface area contributed by atoms with Crippen LogP contribution in [0, 0.1) is 0 Å². The van der Waals surface area contributed by atoms with Gasteiger partial charge in [0.25, 0.3) is 0 Å². The SMILES string of the molecule is CN=C(NCCNc1ncnc2c1cnn2C)NCC(Cc1ccccc1)c1ccccc1. The van der Waals surface area contributed by atoms with Gasteiger partial charge in [-0.15, -0.1) is 0 Å². The van der Waals surface area contributed by atoms with Gasteiger partial charge in [-0.2, -0.15) is 5.10 Å². The Labute approximate surface area is 194 Å². The van der Waals surface area contributed by atoms with Crippen LogP contribution in [0.5, 0.6) is 0 Å². The molecule has 1 unspecified atom stereocenters. The Morgan fingerprint density at radius 1 is 0.970 bits per heavy atom. The molecule has 8 nitrogen and oxygen atoms in total. The number of benzene rings is 2. The van der Waals surface area contributed by atoms with Gasteiger partial charge >= 0.3 is 0 Å². The molecule has 0 aliphatic rings. The molecule has 4 aromatic rings. The summed E-state index contributed by atoms with van der Waals surface area (Å²) in [5.74, 6) is 1.90. The normalized spacial score (nSPS) is 12.5. The standard InChI is InChI=1S/C25H30N8/c1-26-25(28-14-13-27-23-22-17-32-33(2)24(22)31-18-30-23)29-16-21(20-11-7-4-8-12-20)15-19-9-5-3-6-10-19/h3-12,17-18,21H,13-16H2,1-2H3,(H2,26,28,29)(H,27,30,31). The van der Waals surface area contributed by atoms with E-state index in [1.54, 1.807) is 24.3 Å². The van der Waals surface area contributed by atoms with Crippen molar-refractivity contribution in [3.8, 4) is 0 Å². The van der Waals surface area contributed by atoms with Gasteiger partial charge in [0.1, 0.15) is 12.1 Å². The van der Waals surface area contributed by atoms with E-state index < -0.39 is 0 Å². The number of nitrogens with zero attached hydrogens (tertiary/aromatic N) is 5. The molecular weight excluding hydrogens is 412 g/mol. The third-order valence-electron chi connectivity index (χ3n) is 5.57. The summed E-state index contributed by atoms with van der Waals surface area (Å²) in [5.41, 5.74) is 3.45. The molecule has 4 rings (SSSR count). The predicted octanol–water partition coefficient (Wildman–Crippen LogP) is 2.97. The molecule has 2 aromatic carbocycles. The Hall–Kier alpha value is -3.94. The van der Waals surface area contributed by atoms with Crippen LogP contribution in [0.3, 0.4) is 0 Å². The van der Waals surface area contributed by atoms with Crippen molar-refractivity contribution in [2.45, 2.75) is 12.3 Å². The highest BCUT2D eigenvalue weighted by Gasteiger charge is 2.13. The van der Waals surface area contributed by atoms with Crippen LogP contribution in [0.15, 0.2) is 78.2 Å². The van der Waals surface area contributed by atoms with E-state index in [0.29, 0.717) is 19.0 Å². The smallest absolute Gasteiger partial charge is 0.191 e. The molecule has 2 aromatic heterocycles. The largest absolute Gasteiger partial charge is 0.368 e. The summed E-state index contributed by atoms with van der Waals surface area (Å²) in [7, 11) is 3.66. The molecule has 3 N–H and O–H groups in total. The second kappa shape index (κ2) is 11.1. The van der Waals surface area contributed by atoms with Gasteiger partial charge in [-0.05, 0) is 17.5 Å². The molecule has 0 bridgehead atoms. The van der Waals surface area contributed by atoms with E-state index in [4.69, 9.17) is 0 Å². The molecule has 33 heavy (non-hydrogen) atoms. The average Bonchev–Trinajstić information content (AvgIpc) is 3.25. The molecule has 0 spiro atoms. The van der Waals surface area contributed by atoms with E-state index >= 15 is 0 Å². The van der Waals surface area contributed by atoms with Crippen LogP contribution in [0.4, 0.5) is 5.82 Å². The first-order valence-corrected chi connectivity index (χ1v) is 11.1. The Morgan fingerprint density at radius 3 is 2.48 bits per heavy atom. The molecule has 8 heteroatoms. The van der Waals surface area contributed by atoms with Crippen LogP contribution in [-0.4, -0.2) is 52.4 Å². The number of hydrogen-bond donors (Lipinski definition) is 3. The van der Waals surface area contributed by atoms with Crippen LogP contribution in [0.25, 0.3) is 11.0 Å². The number of aromatic nitrogens is 4. The Morgan fingerprint density at radius 2 is 1.73 bits per heavy atom. The van der Waals surface area contributed by atoms with E-state index in [9.17, 15) is 0 Å². The number of fused-ring (bicyclic) bond motifs is 1. The number of aryl methyl sites for hydroxylation is 1. The quantitative estimate of drug-likeness (QED) is 0.210. The fourth-order valence-corrected chi connectivity index (χ4v) is 3.84. The Kier molecular flexibility index (Phi) is 7.48. The van der Waals surface area contributed by atoms with Crippen LogP contribution in [0.1, 0.15) is 17.0 Å². The van der Waals surface area contributed by atoms with Gasteiger partial charge in [0.15, 0.2) is 11.6 Å². The topological polar surface area (TPSA) is 92.1 Å². The van der Waals surface area contributed by atoms with E-state index in [0.717, 1.165) is 35.8 Å². The van der Waals surface area contributed by atoms with E-state index in [-0.39, 0.29) is 0 Å². The van der Waals surface area contributed by atoms with Crippen molar-refractivity contribution in [3.63, 3.8) is 0 Å². The number of guanidine groups is 1. The van der Waals surface area contributed by atoms with Gasteiger partial charge in [0, 0.05) is 39.6 Å².